The van der Waals surface area contributed by atoms with Crippen molar-refractivity contribution < 1.29 is 14.4 Å². The highest BCUT2D eigenvalue weighted by Crippen LogP contribution is 2.38. The first-order chi connectivity index (χ1) is 13.5. The molecule has 0 saturated carbocycles. The number of hydrogen-bond donors (Lipinski definition) is 1. The van der Waals surface area contributed by atoms with Crippen LogP contribution in [-0.4, -0.2) is 41.2 Å². The zero-order valence-corrected chi connectivity index (χ0v) is 16.6. The van der Waals surface area contributed by atoms with E-state index in [9.17, 15) is 14.4 Å². The van der Waals surface area contributed by atoms with E-state index in [2.05, 4.69) is 5.32 Å². The molecule has 2 aromatic rings. The van der Waals surface area contributed by atoms with Crippen LogP contribution >= 0.6 is 11.3 Å². The number of benzene rings is 1. The predicted molar refractivity (Wildman–Crippen MR) is 107 cm³/mol. The smallest absolute Gasteiger partial charge is 0.325 e. The summed E-state index contributed by atoms with van der Waals surface area (Å²) in [6.45, 7) is 0.217. The molecule has 2 aliphatic rings. The van der Waals surface area contributed by atoms with Gasteiger partial charge in [0.05, 0.1) is 0 Å². The fourth-order valence-corrected chi connectivity index (χ4v) is 4.78. The van der Waals surface area contributed by atoms with Crippen molar-refractivity contribution in [2.75, 3.05) is 13.6 Å². The maximum atomic E-state index is 13.4. The Labute approximate surface area is 168 Å². The Kier molecular flexibility index (Phi) is 4.93. The third-order valence-electron chi connectivity index (χ3n) is 5.62. The number of urea groups is 1. The number of imide groups is 1. The summed E-state index contributed by atoms with van der Waals surface area (Å²) in [7, 11) is 1.69. The summed E-state index contributed by atoms with van der Waals surface area (Å²) in [5.41, 5.74) is 1.95. The first-order valence-corrected chi connectivity index (χ1v) is 10.4. The predicted octanol–water partition coefficient (Wildman–Crippen LogP) is 2.88. The van der Waals surface area contributed by atoms with Gasteiger partial charge in [0.25, 0.3) is 5.91 Å². The largest absolute Gasteiger partial charge is 0.340 e. The van der Waals surface area contributed by atoms with Crippen molar-refractivity contribution in [3.05, 3.63) is 57.8 Å². The van der Waals surface area contributed by atoms with E-state index in [0.29, 0.717) is 13.0 Å². The summed E-state index contributed by atoms with van der Waals surface area (Å²) in [4.78, 5) is 41.3. The summed E-state index contributed by atoms with van der Waals surface area (Å²) in [6, 6.07) is 9.27. The molecule has 28 heavy (non-hydrogen) atoms. The third kappa shape index (κ3) is 3.20. The number of amides is 4. The van der Waals surface area contributed by atoms with Crippen LogP contribution in [0.15, 0.2) is 41.1 Å². The van der Waals surface area contributed by atoms with Gasteiger partial charge in [0, 0.05) is 13.6 Å². The van der Waals surface area contributed by atoms with Crippen LogP contribution in [-0.2, 0) is 28.1 Å². The minimum Gasteiger partial charge on any atom is -0.340 e. The van der Waals surface area contributed by atoms with Gasteiger partial charge in [-0.2, -0.15) is 11.3 Å². The van der Waals surface area contributed by atoms with Crippen molar-refractivity contribution >= 4 is 29.2 Å². The van der Waals surface area contributed by atoms with Gasteiger partial charge >= 0.3 is 6.03 Å². The van der Waals surface area contributed by atoms with Gasteiger partial charge in [0.1, 0.15) is 12.1 Å². The van der Waals surface area contributed by atoms with E-state index < -0.39 is 11.6 Å². The second-order valence-electron chi connectivity index (χ2n) is 7.47. The summed E-state index contributed by atoms with van der Waals surface area (Å²) < 4.78 is 0. The van der Waals surface area contributed by atoms with Crippen LogP contribution in [0.5, 0.6) is 0 Å². The van der Waals surface area contributed by atoms with Crippen LogP contribution in [0.1, 0.15) is 36.0 Å². The zero-order chi connectivity index (χ0) is 19.7. The summed E-state index contributed by atoms with van der Waals surface area (Å²) >= 11 is 1.57. The average molecular weight is 398 g/mol. The molecule has 4 rings (SSSR count). The van der Waals surface area contributed by atoms with E-state index in [1.54, 1.807) is 23.3 Å². The topological polar surface area (TPSA) is 69.7 Å². The summed E-state index contributed by atoms with van der Waals surface area (Å²) in [6.07, 6.45) is 3.28. The van der Waals surface area contributed by atoms with Gasteiger partial charge in [-0.15, -0.1) is 0 Å². The molecular weight excluding hydrogens is 374 g/mol. The molecule has 7 heteroatoms. The fourth-order valence-electron chi connectivity index (χ4n) is 4.12. The lowest BCUT2D eigenvalue weighted by Gasteiger charge is -2.27. The van der Waals surface area contributed by atoms with Crippen LogP contribution < -0.4 is 5.32 Å². The standard InChI is InChI=1S/C21H23N3O3S/c1-23(12-15-9-11-28-14-15)18(25)13-24-19(26)21(22-20(24)27)10-5-4-7-16-6-2-3-8-17(16)21/h2-3,6,8-9,11,14H,4-5,7,10,12-13H2,1H3,(H,22,27). The molecule has 1 saturated heterocycles. The van der Waals surface area contributed by atoms with Crippen LogP contribution in [0.2, 0.25) is 0 Å². The Morgan fingerprint density at radius 1 is 1.25 bits per heavy atom. The molecule has 6 nitrogen and oxygen atoms in total. The molecule has 1 spiro atoms. The summed E-state index contributed by atoms with van der Waals surface area (Å²) in [5, 5.41) is 6.86. The van der Waals surface area contributed by atoms with E-state index in [0.717, 1.165) is 40.9 Å². The monoisotopic (exact) mass is 397 g/mol. The minimum absolute atomic E-state index is 0.241. The molecule has 146 valence electrons. The number of nitrogens with one attached hydrogen (secondary N) is 1. The van der Waals surface area contributed by atoms with Gasteiger partial charge < -0.3 is 10.2 Å². The lowest BCUT2D eigenvalue weighted by atomic mass is 9.84. The van der Waals surface area contributed by atoms with Crippen molar-refractivity contribution in [2.45, 2.75) is 37.8 Å². The fraction of sp³-hybridized carbons (Fsp3) is 0.381. The van der Waals surface area contributed by atoms with Crippen LogP contribution in [0, 0.1) is 0 Å². The van der Waals surface area contributed by atoms with Gasteiger partial charge in [0.2, 0.25) is 5.91 Å². The van der Waals surface area contributed by atoms with Crippen molar-refractivity contribution in [1.29, 1.82) is 0 Å². The first-order valence-electron chi connectivity index (χ1n) is 9.49. The number of thiophene rings is 1. The Balaban J connectivity index is 1.55. The van der Waals surface area contributed by atoms with Crippen LogP contribution in [0.4, 0.5) is 4.79 Å². The Bertz CT molecular complexity index is 911. The van der Waals surface area contributed by atoms with Gasteiger partial charge in [-0.25, -0.2) is 4.79 Å². The van der Waals surface area contributed by atoms with Crippen molar-refractivity contribution in [3.63, 3.8) is 0 Å². The minimum atomic E-state index is -1.05. The number of carbonyl (C=O) groups is 3. The Hall–Kier alpha value is -2.67. The maximum Gasteiger partial charge on any atom is 0.325 e. The van der Waals surface area contributed by atoms with E-state index >= 15 is 0 Å². The van der Waals surface area contributed by atoms with E-state index in [-0.39, 0.29) is 18.4 Å². The number of nitrogens with zero attached hydrogens (tertiary/aromatic N) is 2. The first kappa shape index (κ1) is 18.7. The number of rotatable bonds is 4. The Morgan fingerprint density at radius 2 is 2.07 bits per heavy atom. The second kappa shape index (κ2) is 7.39. The molecule has 1 fully saturated rings. The van der Waals surface area contributed by atoms with Crippen molar-refractivity contribution in [1.82, 2.24) is 15.1 Å². The van der Waals surface area contributed by atoms with Gasteiger partial charge in [-0.05, 0) is 59.2 Å². The highest BCUT2D eigenvalue weighted by Gasteiger charge is 2.53. The molecule has 1 aliphatic carbocycles. The van der Waals surface area contributed by atoms with Gasteiger partial charge in [-0.1, -0.05) is 24.3 Å². The number of aryl methyl sites for hydroxylation is 1. The van der Waals surface area contributed by atoms with Crippen LogP contribution in [0.25, 0.3) is 0 Å². The maximum absolute atomic E-state index is 13.4. The molecule has 1 N–H and O–H groups in total. The number of carbonyl (C=O) groups excluding carboxylic acids is 3. The van der Waals surface area contributed by atoms with Crippen LogP contribution in [0.3, 0.4) is 0 Å². The third-order valence-corrected chi connectivity index (χ3v) is 6.35. The van der Waals surface area contributed by atoms with E-state index in [4.69, 9.17) is 0 Å². The molecular formula is C21H23N3O3S. The molecule has 4 amide bonds. The Morgan fingerprint density at radius 3 is 2.86 bits per heavy atom. The average Bonchev–Trinajstić information content (AvgIpc) is 3.22. The molecule has 1 unspecified atom stereocenters. The number of hydrogen-bond acceptors (Lipinski definition) is 4. The molecule has 0 bridgehead atoms. The molecule has 2 heterocycles. The zero-order valence-electron chi connectivity index (χ0n) is 15.8. The van der Waals surface area contributed by atoms with E-state index in [1.165, 1.54) is 0 Å². The normalized spacial score (nSPS) is 21.4. The highest BCUT2D eigenvalue weighted by molar-refractivity contribution is 7.07. The molecule has 1 atom stereocenters. The SMILES string of the molecule is CN(Cc1ccsc1)C(=O)CN1C(=O)NC2(CCCCc3ccccc32)C1=O. The number of likely N-dealkylation sites (N-methyl/N-ethyl adjacent to an activating group) is 1. The van der Waals surface area contributed by atoms with Gasteiger partial charge in [0.15, 0.2) is 0 Å². The van der Waals surface area contributed by atoms with Gasteiger partial charge in [-0.3, -0.25) is 14.5 Å². The second-order valence-corrected chi connectivity index (χ2v) is 8.25. The van der Waals surface area contributed by atoms with E-state index in [1.807, 2.05) is 41.1 Å². The molecule has 0 radical (unpaired) electrons. The summed E-state index contributed by atoms with van der Waals surface area (Å²) in [5.74, 6) is -0.571. The van der Waals surface area contributed by atoms with Crippen molar-refractivity contribution in [2.24, 2.45) is 0 Å². The molecule has 1 aliphatic heterocycles. The molecule has 1 aromatic carbocycles. The highest BCUT2D eigenvalue weighted by atomic mass is 32.1. The molecule has 1 aromatic heterocycles. The quantitative estimate of drug-likeness (QED) is 0.807. The lowest BCUT2D eigenvalue weighted by Crippen LogP contribution is -2.45. The van der Waals surface area contributed by atoms with Crippen molar-refractivity contribution in [3.8, 4) is 0 Å². The lowest BCUT2D eigenvalue weighted by molar-refractivity contribution is -0.139. The number of fused-ring (bicyclic) bond motifs is 2.